The minimum Gasteiger partial charge on any atom is -0.354 e. The number of benzene rings is 8. The Morgan fingerprint density at radius 2 is 0.968 bits per heavy atom. The predicted molar refractivity (Wildman–Crippen MR) is 254 cm³/mol. The van der Waals surface area contributed by atoms with E-state index in [9.17, 15) is 5.41 Å². The van der Waals surface area contributed by atoms with Gasteiger partial charge < -0.3 is 9.88 Å². The molecule has 0 atom stereocenters. The van der Waals surface area contributed by atoms with Crippen LogP contribution in [-0.2, 0) is 0 Å². The summed E-state index contributed by atoms with van der Waals surface area (Å²) in [5, 5.41) is 15.8. The van der Waals surface area contributed by atoms with Gasteiger partial charge >= 0.3 is 0 Å². The van der Waals surface area contributed by atoms with Gasteiger partial charge in [-0.2, -0.15) is 0 Å². The van der Waals surface area contributed by atoms with Gasteiger partial charge in [0.15, 0.2) is 17.5 Å². The van der Waals surface area contributed by atoms with Gasteiger partial charge in [0, 0.05) is 55.5 Å². The first kappa shape index (κ1) is 36.6. The second-order valence-corrected chi connectivity index (χ2v) is 15.3. The highest BCUT2D eigenvalue weighted by molar-refractivity contribution is 6.36. The molecule has 11 rings (SSSR count). The fourth-order valence-electron chi connectivity index (χ4n) is 8.48. The Balaban J connectivity index is 1.05. The maximum Gasteiger partial charge on any atom is 0.164 e. The molecule has 6 heteroatoms. The van der Waals surface area contributed by atoms with E-state index in [4.69, 9.17) is 15.0 Å². The minimum atomic E-state index is 0.419. The van der Waals surface area contributed by atoms with E-state index >= 15 is 0 Å². The van der Waals surface area contributed by atoms with E-state index in [0.29, 0.717) is 23.2 Å². The summed E-state index contributed by atoms with van der Waals surface area (Å²) in [4.78, 5) is 15.3. The van der Waals surface area contributed by atoms with E-state index in [1.807, 2.05) is 84.9 Å². The first-order chi connectivity index (χ1) is 30.7. The van der Waals surface area contributed by atoms with Gasteiger partial charge in [-0.15, -0.1) is 0 Å². The standard InChI is InChI=1S/C56H38N6/c57-52(39-19-7-2-8-20-39)51(53-45-26-14-13-23-42(45)36-48(58-53)37-17-5-1-6-18-37)38-29-31-41(32-30-38)55-59-54(40-21-9-3-10-22-40)60-56(61-55)43-33-34-50-47(35-43)46-27-15-16-28-49(46)62(50)44-24-11-4-12-25-44/h1-36,57-58H/b53-51-,57-52?. The average molecular weight is 795 g/mol. The molecule has 0 bridgehead atoms. The topological polar surface area (TPSA) is 79.5 Å². The molecule has 0 aliphatic carbocycles. The van der Waals surface area contributed by atoms with Crippen molar-refractivity contribution in [2.45, 2.75) is 0 Å². The summed E-state index contributed by atoms with van der Waals surface area (Å²) >= 11 is 0. The molecule has 6 nitrogen and oxygen atoms in total. The lowest BCUT2D eigenvalue weighted by atomic mass is 9.87. The van der Waals surface area contributed by atoms with Gasteiger partial charge in [0.25, 0.3) is 0 Å². The van der Waals surface area contributed by atoms with Crippen LogP contribution < -0.4 is 5.32 Å². The van der Waals surface area contributed by atoms with E-state index in [0.717, 1.165) is 89.0 Å². The normalized spacial score (nSPS) is 13.0. The third-order valence-corrected chi connectivity index (χ3v) is 11.5. The molecule has 0 spiro atoms. The molecule has 3 heterocycles. The SMILES string of the molecule is N=C(/C(=C1\NC(c2ccccc2)=Cc2ccccc21)c1ccc(-c2nc(-c3ccccc3)nc(-c3ccc4c(c3)c3ccccc3n4-c3ccccc3)n2)cc1)c1ccccc1. The Hall–Kier alpha value is -8.48. The van der Waals surface area contributed by atoms with E-state index in [2.05, 4.69) is 143 Å². The van der Waals surface area contributed by atoms with E-state index in [1.54, 1.807) is 0 Å². The lowest BCUT2D eigenvalue weighted by Crippen LogP contribution is -2.20. The van der Waals surface area contributed by atoms with Crippen molar-refractivity contribution < 1.29 is 0 Å². The summed E-state index contributed by atoms with van der Waals surface area (Å²) in [5.41, 5.74) is 14.0. The highest BCUT2D eigenvalue weighted by atomic mass is 15.0. The van der Waals surface area contributed by atoms with E-state index < -0.39 is 0 Å². The summed E-state index contributed by atoms with van der Waals surface area (Å²) in [7, 11) is 0. The second-order valence-electron chi connectivity index (χ2n) is 15.3. The molecule has 10 aromatic rings. The first-order valence-electron chi connectivity index (χ1n) is 20.7. The van der Waals surface area contributed by atoms with Crippen LogP contribution in [0.4, 0.5) is 0 Å². The maximum atomic E-state index is 9.74. The quantitative estimate of drug-likeness (QED) is 0.150. The van der Waals surface area contributed by atoms with Crippen LogP contribution in [0.15, 0.2) is 212 Å². The number of allylic oxidation sites excluding steroid dienone is 1. The van der Waals surface area contributed by atoms with Crippen molar-refractivity contribution in [3.63, 3.8) is 0 Å². The minimum absolute atomic E-state index is 0.419. The number of hydrogen-bond donors (Lipinski definition) is 2. The highest BCUT2D eigenvalue weighted by Gasteiger charge is 2.24. The van der Waals surface area contributed by atoms with Crippen LogP contribution in [0.25, 0.3) is 84.7 Å². The smallest absolute Gasteiger partial charge is 0.164 e. The molecule has 1 aliphatic heterocycles. The van der Waals surface area contributed by atoms with Gasteiger partial charge in [0.2, 0.25) is 0 Å². The molecule has 0 unspecified atom stereocenters. The molecule has 0 saturated carbocycles. The zero-order valence-electron chi connectivity index (χ0n) is 33.6. The Bertz CT molecular complexity index is 3350. The van der Waals surface area contributed by atoms with Crippen molar-refractivity contribution in [1.29, 1.82) is 5.41 Å². The highest BCUT2D eigenvalue weighted by Crippen LogP contribution is 2.38. The average Bonchev–Trinajstić information content (AvgIpc) is 3.69. The van der Waals surface area contributed by atoms with Gasteiger partial charge in [0.05, 0.1) is 22.4 Å². The third kappa shape index (κ3) is 6.66. The fraction of sp³-hybridized carbons (Fsp3) is 0. The monoisotopic (exact) mass is 794 g/mol. The first-order valence-corrected chi connectivity index (χ1v) is 20.7. The zero-order chi connectivity index (χ0) is 41.4. The van der Waals surface area contributed by atoms with Crippen LogP contribution in [0.3, 0.4) is 0 Å². The number of fused-ring (bicyclic) bond motifs is 4. The number of hydrogen-bond acceptors (Lipinski definition) is 5. The van der Waals surface area contributed by atoms with Gasteiger partial charge in [-0.3, -0.25) is 5.41 Å². The molecule has 292 valence electrons. The van der Waals surface area contributed by atoms with Crippen molar-refractivity contribution in [1.82, 2.24) is 24.8 Å². The number of nitrogens with zero attached hydrogens (tertiary/aromatic N) is 4. The van der Waals surface area contributed by atoms with Crippen LogP contribution in [0.5, 0.6) is 0 Å². The van der Waals surface area contributed by atoms with Crippen LogP contribution in [0, 0.1) is 5.41 Å². The number of aromatic nitrogens is 4. The van der Waals surface area contributed by atoms with Gasteiger partial charge in [-0.1, -0.05) is 176 Å². The Labute approximate surface area is 359 Å². The molecular formula is C56H38N6. The molecule has 1 aliphatic rings. The van der Waals surface area contributed by atoms with Crippen LogP contribution in [0.2, 0.25) is 0 Å². The van der Waals surface area contributed by atoms with Crippen molar-refractivity contribution >= 4 is 50.6 Å². The summed E-state index contributed by atoms with van der Waals surface area (Å²) in [6.07, 6.45) is 2.18. The third-order valence-electron chi connectivity index (χ3n) is 11.5. The van der Waals surface area contributed by atoms with Gasteiger partial charge in [-0.25, -0.2) is 15.0 Å². The molecular weight excluding hydrogens is 757 g/mol. The lowest BCUT2D eigenvalue weighted by molar-refractivity contribution is 1.07. The Kier molecular flexibility index (Phi) is 9.21. The Morgan fingerprint density at radius 1 is 0.435 bits per heavy atom. The molecule has 0 saturated heterocycles. The van der Waals surface area contributed by atoms with E-state index in [-0.39, 0.29) is 0 Å². The molecule has 2 N–H and O–H groups in total. The Morgan fingerprint density at radius 3 is 1.68 bits per heavy atom. The van der Waals surface area contributed by atoms with Crippen molar-refractivity contribution in [3.8, 4) is 39.9 Å². The predicted octanol–water partition coefficient (Wildman–Crippen LogP) is 13.0. The summed E-state index contributed by atoms with van der Waals surface area (Å²) in [5.74, 6) is 1.75. The summed E-state index contributed by atoms with van der Waals surface area (Å²) < 4.78 is 2.31. The van der Waals surface area contributed by atoms with Crippen molar-refractivity contribution in [2.24, 2.45) is 0 Å². The lowest BCUT2D eigenvalue weighted by Gasteiger charge is -2.26. The number of nitrogens with one attached hydrogen (secondary N) is 2. The molecule has 0 fully saturated rings. The van der Waals surface area contributed by atoms with Crippen molar-refractivity contribution in [3.05, 3.63) is 240 Å². The molecule has 2 aromatic heterocycles. The van der Waals surface area contributed by atoms with E-state index in [1.165, 1.54) is 0 Å². The second kappa shape index (κ2) is 15.6. The molecule has 0 radical (unpaired) electrons. The van der Waals surface area contributed by atoms with Gasteiger partial charge in [-0.05, 0) is 59.2 Å². The van der Waals surface area contributed by atoms with Crippen LogP contribution in [-0.4, -0.2) is 25.2 Å². The summed E-state index contributed by atoms with van der Waals surface area (Å²) in [6, 6.07) is 72.5. The number of rotatable bonds is 8. The molecule has 62 heavy (non-hydrogen) atoms. The van der Waals surface area contributed by atoms with Gasteiger partial charge in [0.1, 0.15) is 0 Å². The molecule has 0 amide bonds. The largest absolute Gasteiger partial charge is 0.354 e. The fourth-order valence-corrected chi connectivity index (χ4v) is 8.48. The molecule has 8 aromatic carbocycles. The zero-order valence-corrected chi connectivity index (χ0v) is 33.6. The van der Waals surface area contributed by atoms with Crippen LogP contribution >= 0.6 is 0 Å². The van der Waals surface area contributed by atoms with Crippen molar-refractivity contribution in [2.75, 3.05) is 0 Å². The summed E-state index contributed by atoms with van der Waals surface area (Å²) in [6.45, 7) is 0. The van der Waals surface area contributed by atoms with Crippen LogP contribution in [0.1, 0.15) is 27.8 Å². The number of para-hydroxylation sites is 2. The maximum absolute atomic E-state index is 9.74.